The van der Waals surface area contributed by atoms with Crippen molar-refractivity contribution in [3.05, 3.63) is 29.8 Å². The van der Waals surface area contributed by atoms with Crippen molar-refractivity contribution in [2.45, 2.75) is 46.7 Å². The Bertz CT molecular complexity index is 578. The number of ether oxygens (including phenoxy) is 1. The smallest absolute Gasteiger partial charge is 0.194 e. The molecule has 1 aromatic carbocycles. The average Bonchev–Trinajstić information content (AvgIpc) is 2.58. The second-order valence-electron chi connectivity index (χ2n) is 7.82. The van der Waals surface area contributed by atoms with Gasteiger partial charge in [-0.05, 0) is 38.5 Å². The van der Waals surface area contributed by atoms with Crippen molar-refractivity contribution in [1.29, 1.82) is 0 Å². The fraction of sp³-hybridized carbons (Fsp3) is 0.650. The second-order valence-corrected chi connectivity index (χ2v) is 7.82. The first-order chi connectivity index (χ1) is 11.8. The largest absolute Gasteiger partial charge is 0.383 e. The number of hydrogen-bond donors (Lipinski definition) is 2. The van der Waals surface area contributed by atoms with Crippen molar-refractivity contribution < 1.29 is 4.74 Å². The third-order valence-corrected chi connectivity index (χ3v) is 5.48. The summed E-state index contributed by atoms with van der Waals surface area (Å²) in [5, 5.41) is 6.78. The number of aliphatic imine (C=N–C) groups is 1. The van der Waals surface area contributed by atoms with Crippen LogP contribution in [0, 0.1) is 5.41 Å². The maximum atomic E-state index is 5.05. The Balaban J connectivity index is 2.00. The fourth-order valence-corrected chi connectivity index (χ4v) is 2.99. The molecule has 0 unspecified atom stereocenters. The van der Waals surface area contributed by atoms with Crippen LogP contribution >= 0.6 is 0 Å². The van der Waals surface area contributed by atoms with Crippen LogP contribution in [-0.2, 0) is 11.3 Å². The van der Waals surface area contributed by atoms with Gasteiger partial charge in [0.1, 0.15) is 0 Å². The molecule has 1 saturated heterocycles. The van der Waals surface area contributed by atoms with Crippen molar-refractivity contribution in [1.82, 2.24) is 10.2 Å². The first kappa shape index (κ1) is 19.6. The molecule has 5 heteroatoms. The zero-order chi connectivity index (χ0) is 18.5. The molecule has 1 fully saturated rings. The summed E-state index contributed by atoms with van der Waals surface area (Å²) in [5.74, 6) is 1.01. The first-order valence-corrected chi connectivity index (χ1v) is 9.19. The van der Waals surface area contributed by atoms with E-state index in [0.29, 0.717) is 18.6 Å². The lowest BCUT2D eigenvalue weighted by Crippen LogP contribution is -2.72. The van der Waals surface area contributed by atoms with Gasteiger partial charge in [-0.3, -0.25) is 0 Å². The molecule has 1 aromatic rings. The Morgan fingerprint density at radius 3 is 2.40 bits per heavy atom. The number of guanidine groups is 1. The zero-order valence-electron chi connectivity index (χ0n) is 16.6. The maximum absolute atomic E-state index is 5.05. The molecule has 0 saturated carbocycles. The number of anilines is 1. The van der Waals surface area contributed by atoms with Gasteiger partial charge in [0.2, 0.25) is 0 Å². The number of benzene rings is 1. The van der Waals surface area contributed by atoms with E-state index in [0.717, 1.165) is 31.3 Å². The summed E-state index contributed by atoms with van der Waals surface area (Å²) in [6.07, 6.45) is 0. The highest BCUT2D eigenvalue weighted by atomic mass is 16.5. The molecule has 0 radical (unpaired) electrons. The minimum atomic E-state index is 0.114. The molecule has 0 bridgehead atoms. The number of methoxy groups -OCH3 is 1. The Morgan fingerprint density at radius 1 is 1.20 bits per heavy atom. The number of nitrogens with zero attached hydrogens (tertiary/aromatic N) is 2. The Hall–Kier alpha value is -1.75. The van der Waals surface area contributed by atoms with Gasteiger partial charge in [0.05, 0.1) is 13.2 Å². The van der Waals surface area contributed by atoms with Gasteiger partial charge in [-0.2, -0.15) is 0 Å². The van der Waals surface area contributed by atoms with E-state index < -0.39 is 0 Å². The van der Waals surface area contributed by atoms with Crippen molar-refractivity contribution in [2.75, 3.05) is 38.7 Å². The van der Waals surface area contributed by atoms with E-state index >= 15 is 0 Å². The third kappa shape index (κ3) is 4.46. The SMILES string of the molecule is CCNC(=NCc1ccc(NCCOC)cc1)N1CC(C)(C)C1(C)C. The zero-order valence-corrected chi connectivity index (χ0v) is 16.6. The molecule has 25 heavy (non-hydrogen) atoms. The summed E-state index contributed by atoms with van der Waals surface area (Å²) in [6, 6.07) is 8.47. The van der Waals surface area contributed by atoms with E-state index in [4.69, 9.17) is 9.73 Å². The quantitative estimate of drug-likeness (QED) is 0.452. The van der Waals surface area contributed by atoms with Gasteiger partial charge in [0, 0.05) is 43.4 Å². The van der Waals surface area contributed by atoms with Gasteiger partial charge >= 0.3 is 0 Å². The van der Waals surface area contributed by atoms with Crippen LogP contribution in [0.25, 0.3) is 0 Å². The summed E-state index contributed by atoms with van der Waals surface area (Å²) in [6.45, 7) is 15.5. The second kappa shape index (κ2) is 8.09. The van der Waals surface area contributed by atoms with E-state index in [2.05, 4.69) is 74.4 Å². The van der Waals surface area contributed by atoms with Gasteiger partial charge in [0.15, 0.2) is 5.96 Å². The molecule has 0 aliphatic carbocycles. The Morgan fingerprint density at radius 2 is 1.88 bits per heavy atom. The lowest BCUT2D eigenvalue weighted by atomic mass is 9.65. The van der Waals surface area contributed by atoms with Crippen LogP contribution in [-0.4, -0.2) is 49.7 Å². The molecule has 140 valence electrons. The molecule has 5 nitrogen and oxygen atoms in total. The monoisotopic (exact) mass is 346 g/mol. The molecule has 1 aliphatic heterocycles. The van der Waals surface area contributed by atoms with Crippen LogP contribution in [0.4, 0.5) is 5.69 Å². The maximum Gasteiger partial charge on any atom is 0.194 e. The van der Waals surface area contributed by atoms with Crippen molar-refractivity contribution in [3.8, 4) is 0 Å². The van der Waals surface area contributed by atoms with Crippen LogP contribution in [0.15, 0.2) is 29.3 Å². The molecule has 0 spiro atoms. The Labute approximate surface area is 152 Å². The molecule has 2 N–H and O–H groups in total. The summed E-state index contributed by atoms with van der Waals surface area (Å²) >= 11 is 0. The normalized spacial score (nSPS) is 18.6. The van der Waals surface area contributed by atoms with Crippen LogP contribution in [0.3, 0.4) is 0 Å². The van der Waals surface area contributed by atoms with Gasteiger partial charge in [-0.15, -0.1) is 0 Å². The van der Waals surface area contributed by atoms with Crippen molar-refractivity contribution >= 4 is 11.6 Å². The highest BCUT2D eigenvalue weighted by molar-refractivity contribution is 5.82. The lowest BCUT2D eigenvalue weighted by molar-refractivity contribution is -0.0667. The van der Waals surface area contributed by atoms with Gasteiger partial charge in [0.25, 0.3) is 0 Å². The molecule has 1 aliphatic rings. The molecular formula is C20H34N4O. The molecule has 2 rings (SSSR count). The molecule has 0 aromatic heterocycles. The number of likely N-dealkylation sites (tertiary alicyclic amines) is 1. The standard InChI is InChI=1S/C20H34N4O/c1-7-21-18(24-15-19(2,3)20(24,4)5)23-14-16-8-10-17(11-9-16)22-12-13-25-6/h8-11,22H,7,12-15H2,1-6H3,(H,21,23). The summed E-state index contributed by atoms with van der Waals surface area (Å²) in [5.41, 5.74) is 2.74. The number of nitrogens with one attached hydrogen (secondary N) is 2. The first-order valence-electron chi connectivity index (χ1n) is 9.19. The number of rotatable bonds is 7. The predicted octanol–water partition coefficient (Wildman–Crippen LogP) is 3.33. The number of hydrogen-bond acceptors (Lipinski definition) is 3. The minimum Gasteiger partial charge on any atom is -0.383 e. The van der Waals surface area contributed by atoms with E-state index in [-0.39, 0.29) is 5.54 Å². The van der Waals surface area contributed by atoms with E-state index in [1.165, 1.54) is 5.56 Å². The predicted molar refractivity (Wildman–Crippen MR) is 106 cm³/mol. The van der Waals surface area contributed by atoms with Crippen LogP contribution < -0.4 is 10.6 Å². The van der Waals surface area contributed by atoms with Crippen molar-refractivity contribution in [2.24, 2.45) is 10.4 Å². The lowest BCUT2D eigenvalue weighted by Gasteiger charge is -2.62. The molecule has 1 heterocycles. The van der Waals surface area contributed by atoms with Gasteiger partial charge in [-0.1, -0.05) is 26.0 Å². The molecule has 0 amide bonds. The van der Waals surface area contributed by atoms with Gasteiger partial charge in [-0.25, -0.2) is 4.99 Å². The molecule has 0 atom stereocenters. The summed E-state index contributed by atoms with van der Waals surface area (Å²) in [7, 11) is 1.71. The van der Waals surface area contributed by atoms with Crippen LogP contribution in [0.5, 0.6) is 0 Å². The average molecular weight is 347 g/mol. The topological polar surface area (TPSA) is 48.9 Å². The highest BCUT2D eigenvalue weighted by Crippen LogP contribution is 2.46. The fourth-order valence-electron chi connectivity index (χ4n) is 2.99. The summed E-state index contributed by atoms with van der Waals surface area (Å²) in [4.78, 5) is 7.25. The minimum absolute atomic E-state index is 0.114. The Kier molecular flexibility index (Phi) is 6.33. The summed E-state index contributed by atoms with van der Waals surface area (Å²) < 4.78 is 5.05. The molecular weight excluding hydrogens is 312 g/mol. The van der Waals surface area contributed by atoms with Gasteiger partial charge < -0.3 is 20.3 Å². The van der Waals surface area contributed by atoms with Crippen LogP contribution in [0.2, 0.25) is 0 Å². The van der Waals surface area contributed by atoms with Crippen LogP contribution in [0.1, 0.15) is 40.2 Å². The third-order valence-electron chi connectivity index (χ3n) is 5.48. The van der Waals surface area contributed by atoms with E-state index in [9.17, 15) is 0 Å². The van der Waals surface area contributed by atoms with Crippen molar-refractivity contribution in [3.63, 3.8) is 0 Å². The highest BCUT2D eigenvalue weighted by Gasteiger charge is 2.53. The van der Waals surface area contributed by atoms with E-state index in [1.807, 2.05) is 0 Å². The van der Waals surface area contributed by atoms with E-state index in [1.54, 1.807) is 7.11 Å².